The van der Waals surface area contributed by atoms with Crippen LogP contribution in [0.1, 0.15) is 20.3 Å². The molecular weight excluding hydrogens is 218 g/mol. The van der Waals surface area contributed by atoms with Crippen LogP contribution in [-0.2, 0) is 4.79 Å². The second-order valence-electron chi connectivity index (χ2n) is 4.05. The second-order valence-corrected chi connectivity index (χ2v) is 4.05. The predicted octanol–water partition coefficient (Wildman–Crippen LogP) is 1.38. The van der Waals surface area contributed by atoms with E-state index in [0.29, 0.717) is 12.2 Å². The van der Waals surface area contributed by atoms with Gasteiger partial charge in [0.15, 0.2) is 11.5 Å². The molecule has 0 aliphatic heterocycles. The zero-order chi connectivity index (χ0) is 12.3. The standard InChI is InChI=1S/C11H15N5O/c1-7(8(2)17)3-4-12-10-9-11(14-5-13-9)16-6-15-10/h5-7H,3-4H2,1-2H3,(H2,12,13,14,15,16). The lowest BCUT2D eigenvalue weighted by molar-refractivity contribution is -0.120. The normalized spacial score (nSPS) is 12.6. The SMILES string of the molecule is CC(=O)C(C)CCNc1ncnc2nc[nH]c12. The molecule has 0 saturated carbocycles. The fraction of sp³-hybridized carbons (Fsp3) is 0.455. The molecular formula is C11H15N5O. The van der Waals surface area contributed by atoms with Crippen LogP contribution >= 0.6 is 0 Å². The smallest absolute Gasteiger partial charge is 0.182 e. The van der Waals surface area contributed by atoms with Gasteiger partial charge in [0.1, 0.15) is 17.6 Å². The van der Waals surface area contributed by atoms with Crippen LogP contribution in [0.3, 0.4) is 0 Å². The van der Waals surface area contributed by atoms with Gasteiger partial charge < -0.3 is 10.3 Å². The summed E-state index contributed by atoms with van der Waals surface area (Å²) in [7, 11) is 0. The van der Waals surface area contributed by atoms with Gasteiger partial charge in [-0.3, -0.25) is 4.79 Å². The number of aromatic amines is 1. The van der Waals surface area contributed by atoms with E-state index < -0.39 is 0 Å². The molecule has 0 fully saturated rings. The Bertz CT molecular complexity index is 521. The van der Waals surface area contributed by atoms with Gasteiger partial charge in [-0.05, 0) is 13.3 Å². The zero-order valence-electron chi connectivity index (χ0n) is 9.90. The summed E-state index contributed by atoms with van der Waals surface area (Å²) in [4.78, 5) is 26.3. The largest absolute Gasteiger partial charge is 0.368 e. The Morgan fingerprint density at radius 1 is 1.47 bits per heavy atom. The molecule has 2 aromatic heterocycles. The average Bonchev–Trinajstić information content (AvgIpc) is 2.77. The molecule has 1 unspecified atom stereocenters. The third-order valence-electron chi connectivity index (χ3n) is 2.79. The Labute approximate surface area is 98.9 Å². The first-order valence-corrected chi connectivity index (χ1v) is 5.57. The van der Waals surface area contributed by atoms with Gasteiger partial charge in [0, 0.05) is 12.5 Å². The molecule has 2 N–H and O–H groups in total. The minimum Gasteiger partial charge on any atom is -0.368 e. The van der Waals surface area contributed by atoms with Crippen LogP contribution in [0.4, 0.5) is 5.82 Å². The molecule has 1 atom stereocenters. The van der Waals surface area contributed by atoms with Crippen molar-refractivity contribution in [1.82, 2.24) is 19.9 Å². The van der Waals surface area contributed by atoms with E-state index in [9.17, 15) is 4.79 Å². The van der Waals surface area contributed by atoms with E-state index in [1.54, 1.807) is 13.3 Å². The first kappa shape index (κ1) is 11.5. The Kier molecular flexibility index (Phi) is 3.32. The summed E-state index contributed by atoms with van der Waals surface area (Å²) in [6.45, 7) is 4.24. The summed E-state index contributed by atoms with van der Waals surface area (Å²) >= 11 is 0. The minimum absolute atomic E-state index is 0.0709. The van der Waals surface area contributed by atoms with Gasteiger partial charge in [0.25, 0.3) is 0 Å². The number of aromatic nitrogens is 4. The third-order valence-corrected chi connectivity index (χ3v) is 2.79. The quantitative estimate of drug-likeness (QED) is 0.815. The van der Waals surface area contributed by atoms with Crippen molar-refractivity contribution in [2.24, 2.45) is 5.92 Å². The fourth-order valence-electron chi connectivity index (χ4n) is 1.51. The van der Waals surface area contributed by atoms with Crippen LogP contribution < -0.4 is 5.32 Å². The number of Topliss-reactive ketones (excluding diaryl/α,β-unsaturated/α-hetero) is 1. The van der Waals surface area contributed by atoms with Gasteiger partial charge in [-0.25, -0.2) is 15.0 Å². The van der Waals surface area contributed by atoms with Crippen LogP contribution in [0.5, 0.6) is 0 Å². The molecule has 0 aromatic carbocycles. The summed E-state index contributed by atoms with van der Waals surface area (Å²) in [5, 5.41) is 3.18. The summed E-state index contributed by atoms with van der Waals surface area (Å²) < 4.78 is 0. The molecule has 0 spiro atoms. The van der Waals surface area contributed by atoms with Crippen LogP contribution in [0.25, 0.3) is 11.2 Å². The van der Waals surface area contributed by atoms with E-state index >= 15 is 0 Å². The van der Waals surface area contributed by atoms with Crippen molar-refractivity contribution in [2.45, 2.75) is 20.3 Å². The van der Waals surface area contributed by atoms with E-state index in [1.165, 1.54) is 6.33 Å². The number of rotatable bonds is 5. The van der Waals surface area contributed by atoms with Crippen molar-refractivity contribution in [3.63, 3.8) is 0 Å². The number of carbonyl (C=O) groups is 1. The topological polar surface area (TPSA) is 83.6 Å². The molecule has 0 bridgehead atoms. The third kappa shape index (κ3) is 2.58. The summed E-state index contributed by atoms with van der Waals surface area (Å²) in [6, 6.07) is 0. The Morgan fingerprint density at radius 2 is 2.29 bits per heavy atom. The number of carbonyl (C=O) groups excluding carboxylic acids is 1. The molecule has 2 heterocycles. The zero-order valence-corrected chi connectivity index (χ0v) is 9.90. The number of hydrogen-bond donors (Lipinski definition) is 2. The maximum Gasteiger partial charge on any atom is 0.182 e. The molecule has 17 heavy (non-hydrogen) atoms. The van der Waals surface area contributed by atoms with Crippen LogP contribution in [-0.4, -0.2) is 32.3 Å². The molecule has 90 valence electrons. The molecule has 2 aromatic rings. The van der Waals surface area contributed by atoms with Crippen molar-refractivity contribution in [2.75, 3.05) is 11.9 Å². The van der Waals surface area contributed by atoms with Gasteiger partial charge in [-0.2, -0.15) is 0 Å². The maximum absolute atomic E-state index is 11.1. The van der Waals surface area contributed by atoms with Gasteiger partial charge >= 0.3 is 0 Å². The predicted molar refractivity (Wildman–Crippen MR) is 64.6 cm³/mol. The van der Waals surface area contributed by atoms with E-state index in [-0.39, 0.29) is 11.7 Å². The van der Waals surface area contributed by atoms with Crippen LogP contribution in [0.2, 0.25) is 0 Å². The number of nitrogens with one attached hydrogen (secondary N) is 2. The number of fused-ring (bicyclic) bond motifs is 1. The molecule has 0 radical (unpaired) electrons. The van der Waals surface area contributed by atoms with E-state index in [1.807, 2.05) is 6.92 Å². The molecule has 2 rings (SSSR count). The van der Waals surface area contributed by atoms with Gasteiger partial charge in [-0.15, -0.1) is 0 Å². The first-order chi connectivity index (χ1) is 8.18. The first-order valence-electron chi connectivity index (χ1n) is 5.57. The minimum atomic E-state index is 0.0709. The van der Waals surface area contributed by atoms with Gasteiger partial charge in [0.05, 0.1) is 6.33 Å². The molecule has 0 aliphatic carbocycles. The monoisotopic (exact) mass is 233 g/mol. The summed E-state index contributed by atoms with van der Waals surface area (Å²) in [5.41, 5.74) is 1.44. The lowest BCUT2D eigenvalue weighted by Gasteiger charge is -2.09. The van der Waals surface area contributed by atoms with Crippen LogP contribution in [0.15, 0.2) is 12.7 Å². The van der Waals surface area contributed by atoms with Gasteiger partial charge in [-0.1, -0.05) is 6.92 Å². The van der Waals surface area contributed by atoms with Crippen LogP contribution in [0, 0.1) is 5.92 Å². The van der Waals surface area contributed by atoms with Gasteiger partial charge in [0.2, 0.25) is 0 Å². The van der Waals surface area contributed by atoms with E-state index in [4.69, 9.17) is 0 Å². The van der Waals surface area contributed by atoms with Crippen molar-refractivity contribution in [3.8, 4) is 0 Å². The molecule has 0 saturated heterocycles. The molecule has 0 amide bonds. The number of nitrogens with zero attached hydrogens (tertiary/aromatic N) is 3. The van der Waals surface area contributed by atoms with Crippen molar-refractivity contribution in [3.05, 3.63) is 12.7 Å². The number of H-pyrrole nitrogens is 1. The lowest BCUT2D eigenvalue weighted by atomic mass is 10.0. The second kappa shape index (κ2) is 4.90. The number of ketones is 1. The highest BCUT2D eigenvalue weighted by molar-refractivity contribution is 5.82. The number of imidazole rings is 1. The van der Waals surface area contributed by atoms with Crippen molar-refractivity contribution >= 4 is 22.8 Å². The van der Waals surface area contributed by atoms with E-state index in [0.717, 1.165) is 17.8 Å². The molecule has 0 aliphatic rings. The van der Waals surface area contributed by atoms with E-state index in [2.05, 4.69) is 25.3 Å². The number of hydrogen-bond acceptors (Lipinski definition) is 5. The summed E-state index contributed by atoms with van der Waals surface area (Å²) in [5.74, 6) is 1.01. The van der Waals surface area contributed by atoms with Crippen molar-refractivity contribution < 1.29 is 4.79 Å². The fourth-order valence-corrected chi connectivity index (χ4v) is 1.51. The van der Waals surface area contributed by atoms with Crippen molar-refractivity contribution in [1.29, 1.82) is 0 Å². The Hall–Kier alpha value is -1.98. The highest BCUT2D eigenvalue weighted by Crippen LogP contribution is 2.14. The highest BCUT2D eigenvalue weighted by atomic mass is 16.1. The number of anilines is 1. The highest BCUT2D eigenvalue weighted by Gasteiger charge is 2.08. The summed E-state index contributed by atoms with van der Waals surface area (Å²) in [6.07, 6.45) is 3.84. The Balaban J connectivity index is 1.99. The average molecular weight is 233 g/mol. The maximum atomic E-state index is 11.1. The molecule has 6 heteroatoms. The Morgan fingerprint density at radius 3 is 3.06 bits per heavy atom. The lowest BCUT2D eigenvalue weighted by Crippen LogP contribution is -2.13. The molecule has 6 nitrogen and oxygen atoms in total.